The second-order valence-corrected chi connectivity index (χ2v) is 8.45. The molecule has 9 heteroatoms. The number of rotatable bonds is 5. The normalized spacial score (nSPS) is 22.0. The van der Waals surface area contributed by atoms with Crippen LogP contribution in [0.15, 0.2) is 33.7 Å². The van der Waals surface area contributed by atoms with Crippen LogP contribution in [0.5, 0.6) is 0 Å². The first-order chi connectivity index (χ1) is 11.8. The van der Waals surface area contributed by atoms with Crippen LogP contribution in [0.25, 0.3) is 0 Å². The predicted octanol–water partition coefficient (Wildman–Crippen LogP) is 1.70. The van der Waals surface area contributed by atoms with E-state index in [1.54, 1.807) is 0 Å². The van der Waals surface area contributed by atoms with E-state index in [1.165, 1.54) is 12.1 Å². The van der Waals surface area contributed by atoms with Gasteiger partial charge in [-0.25, -0.2) is 12.8 Å². The summed E-state index contributed by atoms with van der Waals surface area (Å²) in [5.74, 6) is -0.590. The summed E-state index contributed by atoms with van der Waals surface area (Å²) in [6.45, 7) is 4.51. The molecule has 7 nitrogen and oxygen atoms in total. The Balaban J connectivity index is 1.78. The van der Waals surface area contributed by atoms with Gasteiger partial charge in [-0.05, 0) is 44.5 Å². The molecular weight excluding hydrogens is 349 g/mol. The van der Waals surface area contributed by atoms with Crippen molar-refractivity contribution in [1.29, 1.82) is 0 Å². The van der Waals surface area contributed by atoms with Crippen LogP contribution in [0.2, 0.25) is 0 Å². The van der Waals surface area contributed by atoms with Gasteiger partial charge in [-0.1, -0.05) is 5.16 Å². The minimum Gasteiger partial charge on any atom is -0.392 e. The Bertz CT molecular complexity index is 835. The number of aromatic nitrogens is 2. The third-order valence-corrected chi connectivity index (χ3v) is 5.87. The van der Waals surface area contributed by atoms with Crippen molar-refractivity contribution in [2.75, 3.05) is 6.54 Å². The Hall–Kier alpha value is -1.84. The molecule has 1 fully saturated rings. The fourth-order valence-corrected chi connectivity index (χ4v) is 4.18. The molecule has 1 aromatic carbocycles. The Labute approximate surface area is 145 Å². The number of sulfone groups is 1. The van der Waals surface area contributed by atoms with Crippen LogP contribution in [-0.2, 0) is 15.6 Å². The van der Waals surface area contributed by atoms with Crippen molar-refractivity contribution in [2.45, 2.75) is 49.1 Å². The molecule has 2 aromatic rings. The van der Waals surface area contributed by atoms with E-state index < -0.39 is 27.5 Å². The lowest BCUT2D eigenvalue weighted by atomic mass is 10.2. The molecule has 25 heavy (non-hydrogen) atoms. The van der Waals surface area contributed by atoms with Gasteiger partial charge in [0.15, 0.2) is 15.7 Å². The minimum absolute atomic E-state index is 0.000320. The van der Waals surface area contributed by atoms with E-state index in [-0.39, 0.29) is 22.8 Å². The fourth-order valence-electron chi connectivity index (χ4n) is 3.01. The Morgan fingerprint density at radius 1 is 1.36 bits per heavy atom. The highest BCUT2D eigenvalue weighted by Gasteiger charge is 2.37. The van der Waals surface area contributed by atoms with Crippen LogP contribution in [0.4, 0.5) is 4.39 Å². The number of β-amino-alcohol motifs (C(OH)–C–C–N with tert-alkyl or cyclic N) is 1. The van der Waals surface area contributed by atoms with Crippen molar-refractivity contribution >= 4 is 9.84 Å². The topological polar surface area (TPSA) is 96.5 Å². The molecule has 2 atom stereocenters. The SMILES string of the molecule is CC(C)N1CC(O)CC1c1nc(CS(=O)(=O)c2ccc(F)cc2)no1. The summed E-state index contributed by atoms with van der Waals surface area (Å²) in [6.07, 6.45) is -0.0180. The maximum absolute atomic E-state index is 13.0. The van der Waals surface area contributed by atoms with Crippen LogP contribution < -0.4 is 0 Å². The van der Waals surface area contributed by atoms with Gasteiger partial charge in [0, 0.05) is 12.6 Å². The number of aliphatic hydroxyl groups excluding tert-OH is 1. The van der Waals surface area contributed by atoms with E-state index in [4.69, 9.17) is 4.52 Å². The summed E-state index contributed by atoms with van der Waals surface area (Å²) in [4.78, 5) is 6.24. The Morgan fingerprint density at radius 2 is 2.04 bits per heavy atom. The van der Waals surface area contributed by atoms with Gasteiger partial charge in [0.25, 0.3) is 0 Å². The van der Waals surface area contributed by atoms with Crippen molar-refractivity contribution in [2.24, 2.45) is 0 Å². The standard InChI is InChI=1S/C16H20FN3O4S/c1-10(2)20-8-12(21)7-14(20)16-18-15(19-24-16)9-25(22,23)13-5-3-11(17)4-6-13/h3-6,10,12,14,21H,7-9H2,1-2H3. The lowest BCUT2D eigenvalue weighted by molar-refractivity contribution is 0.150. The first kappa shape index (κ1) is 18.0. The number of hydrogen-bond donors (Lipinski definition) is 1. The first-order valence-electron chi connectivity index (χ1n) is 8.01. The monoisotopic (exact) mass is 369 g/mol. The minimum atomic E-state index is -3.70. The summed E-state index contributed by atoms with van der Waals surface area (Å²) < 4.78 is 42.9. The third kappa shape index (κ3) is 3.88. The second-order valence-electron chi connectivity index (χ2n) is 6.46. The first-order valence-corrected chi connectivity index (χ1v) is 9.66. The molecule has 1 aliphatic rings. The smallest absolute Gasteiger partial charge is 0.244 e. The lowest BCUT2D eigenvalue weighted by Gasteiger charge is -2.25. The molecular formula is C16H20FN3O4S. The Kier molecular flexibility index (Phi) is 4.90. The van der Waals surface area contributed by atoms with Gasteiger partial charge in [-0.2, -0.15) is 4.98 Å². The van der Waals surface area contributed by atoms with Crippen LogP contribution in [0.3, 0.4) is 0 Å². The molecule has 136 valence electrons. The molecule has 1 aliphatic heterocycles. The van der Waals surface area contributed by atoms with Gasteiger partial charge >= 0.3 is 0 Å². The van der Waals surface area contributed by atoms with E-state index in [1.807, 2.05) is 18.7 Å². The number of aliphatic hydroxyl groups is 1. The van der Waals surface area contributed by atoms with Gasteiger partial charge in [0.2, 0.25) is 5.89 Å². The molecule has 3 rings (SSSR count). The highest BCUT2D eigenvalue weighted by molar-refractivity contribution is 7.90. The van der Waals surface area contributed by atoms with Crippen LogP contribution in [-0.4, -0.2) is 47.3 Å². The summed E-state index contributed by atoms with van der Waals surface area (Å²) in [7, 11) is -3.70. The maximum atomic E-state index is 13.0. The zero-order chi connectivity index (χ0) is 18.2. The number of benzene rings is 1. The zero-order valence-electron chi connectivity index (χ0n) is 14.0. The van der Waals surface area contributed by atoms with Gasteiger partial charge in [0.1, 0.15) is 11.6 Å². The largest absolute Gasteiger partial charge is 0.392 e. The van der Waals surface area contributed by atoms with Gasteiger partial charge < -0.3 is 9.63 Å². The van der Waals surface area contributed by atoms with Gasteiger partial charge in [-0.3, -0.25) is 4.90 Å². The molecule has 1 N–H and O–H groups in total. The number of nitrogens with zero attached hydrogens (tertiary/aromatic N) is 3. The van der Waals surface area contributed by atoms with Crippen molar-refractivity contribution in [3.63, 3.8) is 0 Å². The van der Waals surface area contributed by atoms with Crippen molar-refractivity contribution in [3.05, 3.63) is 41.8 Å². The summed E-state index contributed by atoms with van der Waals surface area (Å²) in [5.41, 5.74) is 0. The van der Waals surface area contributed by atoms with Crippen molar-refractivity contribution < 1.29 is 22.4 Å². The zero-order valence-corrected chi connectivity index (χ0v) is 14.8. The third-order valence-electron chi connectivity index (χ3n) is 4.24. The average Bonchev–Trinajstić information content (AvgIpc) is 3.13. The molecule has 0 spiro atoms. The van der Waals surface area contributed by atoms with E-state index in [2.05, 4.69) is 10.1 Å². The highest BCUT2D eigenvalue weighted by Crippen LogP contribution is 2.33. The molecule has 0 saturated carbocycles. The summed E-state index contributed by atoms with van der Waals surface area (Å²) >= 11 is 0. The van der Waals surface area contributed by atoms with E-state index in [0.717, 1.165) is 12.1 Å². The second kappa shape index (κ2) is 6.81. The summed E-state index contributed by atoms with van der Waals surface area (Å²) in [5, 5.41) is 13.6. The predicted molar refractivity (Wildman–Crippen MR) is 86.8 cm³/mol. The molecule has 0 aliphatic carbocycles. The number of hydrogen-bond acceptors (Lipinski definition) is 7. The fraction of sp³-hybridized carbons (Fsp3) is 0.500. The van der Waals surface area contributed by atoms with Crippen molar-refractivity contribution in [1.82, 2.24) is 15.0 Å². The van der Waals surface area contributed by atoms with Crippen molar-refractivity contribution in [3.8, 4) is 0 Å². The summed E-state index contributed by atoms with van der Waals surface area (Å²) in [6, 6.07) is 4.55. The molecule has 2 heterocycles. The van der Waals surface area contributed by atoms with E-state index in [9.17, 15) is 17.9 Å². The molecule has 1 aromatic heterocycles. The molecule has 0 bridgehead atoms. The highest BCUT2D eigenvalue weighted by atomic mass is 32.2. The Morgan fingerprint density at radius 3 is 2.68 bits per heavy atom. The number of likely N-dealkylation sites (tertiary alicyclic amines) is 1. The molecule has 0 radical (unpaired) electrons. The lowest BCUT2D eigenvalue weighted by Crippen LogP contribution is -2.31. The quantitative estimate of drug-likeness (QED) is 0.801. The van der Waals surface area contributed by atoms with Crippen LogP contribution in [0, 0.1) is 5.82 Å². The van der Waals surface area contributed by atoms with E-state index in [0.29, 0.717) is 18.9 Å². The maximum Gasteiger partial charge on any atom is 0.244 e. The molecule has 2 unspecified atom stereocenters. The molecule has 0 amide bonds. The average molecular weight is 369 g/mol. The van der Waals surface area contributed by atoms with Gasteiger partial charge in [-0.15, -0.1) is 0 Å². The van der Waals surface area contributed by atoms with Crippen LogP contribution in [0.1, 0.15) is 38.0 Å². The van der Waals surface area contributed by atoms with E-state index >= 15 is 0 Å². The van der Waals surface area contributed by atoms with Crippen LogP contribution >= 0.6 is 0 Å². The molecule has 1 saturated heterocycles. The number of halogens is 1. The van der Waals surface area contributed by atoms with Gasteiger partial charge in [0.05, 0.1) is 17.0 Å².